The van der Waals surface area contributed by atoms with Gasteiger partial charge < -0.3 is 5.32 Å². The highest BCUT2D eigenvalue weighted by Gasteiger charge is 2.23. The summed E-state index contributed by atoms with van der Waals surface area (Å²) < 4.78 is 1.70. The zero-order valence-corrected chi connectivity index (χ0v) is 14.9. The molecule has 0 saturated heterocycles. The minimum absolute atomic E-state index is 0.0613. The Balaban J connectivity index is 1.67. The van der Waals surface area contributed by atoms with E-state index in [0.29, 0.717) is 11.2 Å². The van der Waals surface area contributed by atoms with Crippen molar-refractivity contribution in [2.75, 3.05) is 0 Å². The van der Waals surface area contributed by atoms with Gasteiger partial charge in [0.2, 0.25) is 11.1 Å². The van der Waals surface area contributed by atoms with Gasteiger partial charge in [-0.25, -0.2) is 0 Å². The largest absolute Gasteiger partial charge is 0.352 e. The van der Waals surface area contributed by atoms with E-state index in [4.69, 9.17) is 0 Å². The molecule has 0 bridgehead atoms. The lowest BCUT2D eigenvalue weighted by Crippen LogP contribution is -2.40. The average Bonchev–Trinajstić information content (AvgIpc) is 3.04. The number of nitrogens with zero attached hydrogens (tertiary/aromatic N) is 4. The number of hydrogen-bond acceptors (Lipinski definition) is 5. The molecular formula is C17H23N5OS. The molecule has 1 aromatic heterocycles. The number of rotatable bonds is 5. The molecule has 3 rings (SSSR count). The van der Waals surface area contributed by atoms with Crippen molar-refractivity contribution in [3.05, 3.63) is 29.8 Å². The Bertz CT molecular complexity index is 696. The van der Waals surface area contributed by atoms with Crippen LogP contribution < -0.4 is 5.32 Å². The quantitative estimate of drug-likeness (QED) is 0.844. The van der Waals surface area contributed by atoms with Crippen molar-refractivity contribution in [1.29, 1.82) is 0 Å². The van der Waals surface area contributed by atoms with Crippen LogP contribution in [0.25, 0.3) is 5.69 Å². The molecule has 1 saturated carbocycles. The first-order valence-electron chi connectivity index (χ1n) is 8.46. The van der Waals surface area contributed by atoms with Crippen LogP contribution in [0.15, 0.2) is 29.4 Å². The molecule has 24 heavy (non-hydrogen) atoms. The lowest BCUT2D eigenvalue weighted by atomic mass is 9.95. The molecular weight excluding hydrogens is 322 g/mol. The van der Waals surface area contributed by atoms with Gasteiger partial charge >= 0.3 is 0 Å². The van der Waals surface area contributed by atoms with E-state index in [0.717, 1.165) is 24.1 Å². The summed E-state index contributed by atoms with van der Waals surface area (Å²) in [6, 6.07) is 8.25. The highest BCUT2D eigenvalue weighted by molar-refractivity contribution is 8.00. The molecule has 6 nitrogen and oxygen atoms in total. The van der Waals surface area contributed by atoms with Crippen molar-refractivity contribution in [2.24, 2.45) is 0 Å². The topological polar surface area (TPSA) is 72.7 Å². The van der Waals surface area contributed by atoms with Crippen LogP contribution in [0.4, 0.5) is 0 Å². The Morgan fingerprint density at radius 3 is 2.79 bits per heavy atom. The highest BCUT2D eigenvalue weighted by Crippen LogP contribution is 2.25. The Labute approximate surface area is 146 Å². The molecule has 0 aliphatic heterocycles. The van der Waals surface area contributed by atoms with Gasteiger partial charge in [-0.1, -0.05) is 49.2 Å². The molecule has 2 aromatic rings. The molecule has 1 amide bonds. The monoisotopic (exact) mass is 345 g/mol. The summed E-state index contributed by atoms with van der Waals surface area (Å²) in [6.45, 7) is 3.92. The summed E-state index contributed by atoms with van der Waals surface area (Å²) >= 11 is 1.39. The zero-order chi connectivity index (χ0) is 16.9. The third kappa shape index (κ3) is 3.95. The Morgan fingerprint density at radius 1 is 1.29 bits per heavy atom. The lowest BCUT2D eigenvalue weighted by Gasteiger charge is -2.24. The molecule has 1 fully saturated rings. The first-order chi connectivity index (χ1) is 11.6. The molecule has 7 heteroatoms. The lowest BCUT2D eigenvalue weighted by molar-refractivity contribution is -0.121. The first kappa shape index (κ1) is 17.0. The second kappa shape index (κ2) is 7.79. The van der Waals surface area contributed by atoms with E-state index in [1.165, 1.54) is 31.0 Å². The maximum atomic E-state index is 12.4. The highest BCUT2D eigenvalue weighted by atomic mass is 32.2. The van der Waals surface area contributed by atoms with Gasteiger partial charge in [-0.2, -0.15) is 4.68 Å². The molecule has 1 N–H and O–H groups in total. The second-order valence-corrected chi connectivity index (χ2v) is 7.57. The van der Waals surface area contributed by atoms with Crippen molar-refractivity contribution >= 4 is 17.7 Å². The van der Waals surface area contributed by atoms with Crippen LogP contribution in [0.2, 0.25) is 0 Å². The third-order valence-corrected chi connectivity index (χ3v) is 5.42. The Hall–Kier alpha value is -1.89. The summed E-state index contributed by atoms with van der Waals surface area (Å²) in [6.07, 6.45) is 5.87. The molecule has 128 valence electrons. The van der Waals surface area contributed by atoms with Crippen molar-refractivity contribution in [1.82, 2.24) is 25.5 Å². The van der Waals surface area contributed by atoms with Crippen LogP contribution in [-0.2, 0) is 4.79 Å². The van der Waals surface area contributed by atoms with Gasteiger partial charge in [0.15, 0.2) is 0 Å². The van der Waals surface area contributed by atoms with E-state index in [1.807, 2.05) is 38.1 Å². The Kier molecular flexibility index (Phi) is 5.50. The summed E-state index contributed by atoms with van der Waals surface area (Å²) in [5.41, 5.74) is 2.02. The molecule has 0 spiro atoms. The van der Waals surface area contributed by atoms with E-state index >= 15 is 0 Å². The molecule has 1 aliphatic carbocycles. The number of thioether (sulfide) groups is 1. The predicted molar refractivity (Wildman–Crippen MR) is 94.2 cm³/mol. The molecule has 1 atom stereocenters. The maximum Gasteiger partial charge on any atom is 0.233 e. The van der Waals surface area contributed by atoms with Crippen molar-refractivity contribution < 1.29 is 4.79 Å². The van der Waals surface area contributed by atoms with Crippen molar-refractivity contribution in [2.45, 2.75) is 62.4 Å². The number of aryl methyl sites for hydroxylation is 1. The summed E-state index contributed by atoms with van der Waals surface area (Å²) in [7, 11) is 0. The number of amides is 1. The first-order valence-corrected chi connectivity index (χ1v) is 9.34. The van der Waals surface area contributed by atoms with Gasteiger partial charge in [0.25, 0.3) is 0 Å². The van der Waals surface area contributed by atoms with Crippen LogP contribution in [0, 0.1) is 6.92 Å². The van der Waals surface area contributed by atoms with E-state index in [9.17, 15) is 4.79 Å². The second-order valence-electron chi connectivity index (χ2n) is 6.26. The van der Waals surface area contributed by atoms with Crippen molar-refractivity contribution in [3.63, 3.8) is 0 Å². The molecule has 0 radical (unpaired) electrons. The standard InChI is InChI=1S/C17H23N5OS/c1-12-8-6-7-11-15(12)22-17(19-20-21-22)24-13(2)16(23)18-14-9-4-3-5-10-14/h6-8,11,13-14H,3-5,9-10H2,1-2H3,(H,18,23)/t13-/m0/s1. The summed E-state index contributed by atoms with van der Waals surface area (Å²) in [5.74, 6) is 0.0613. The van der Waals surface area contributed by atoms with Gasteiger partial charge in [0.1, 0.15) is 0 Å². The molecule has 1 aromatic carbocycles. The number of para-hydroxylation sites is 1. The van der Waals surface area contributed by atoms with Gasteiger partial charge in [-0.3, -0.25) is 4.79 Å². The normalized spacial score (nSPS) is 16.8. The fourth-order valence-corrected chi connectivity index (χ4v) is 3.79. The van der Waals surface area contributed by atoms with Gasteiger partial charge in [0, 0.05) is 6.04 Å². The van der Waals surface area contributed by atoms with E-state index in [1.54, 1.807) is 4.68 Å². The van der Waals surface area contributed by atoms with E-state index in [2.05, 4.69) is 20.8 Å². The van der Waals surface area contributed by atoms with Crippen LogP contribution >= 0.6 is 11.8 Å². The average molecular weight is 345 g/mol. The van der Waals surface area contributed by atoms with Gasteiger partial charge in [-0.05, 0) is 48.7 Å². The van der Waals surface area contributed by atoms with Crippen molar-refractivity contribution in [3.8, 4) is 5.69 Å². The van der Waals surface area contributed by atoms with Crippen LogP contribution in [-0.4, -0.2) is 37.4 Å². The number of carbonyl (C=O) groups is 1. The number of hydrogen-bond donors (Lipinski definition) is 1. The number of benzene rings is 1. The number of nitrogens with one attached hydrogen (secondary N) is 1. The molecule has 0 unspecified atom stereocenters. The summed E-state index contributed by atoms with van der Waals surface area (Å²) in [5, 5.41) is 15.5. The van der Waals surface area contributed by atoms with Crippen LogP contribution in [0.1, 0.15) is 44.6 Å². The minimum Gasteiger partial charge on any atom is -0.352 e. The summed E-state index contributed by atoms with van der Waals surface area (Å²) in [4.78, 5) is 12.4. The Morgan fingerprint density at radius 2 is 2.04 bits per heavy atom. The van der Waals surface area contributed by atoms with Crippen LogP contribution in [0.3, 0.4) is 0 Å². The molecule has 1 aliphatic rings. The number of carbonyl (C=O) groups excluding carboxylic acids is 1. The zero-order valence-electron chi connectivity index (χ0n) is 14.1. The fourth-order valence-electron chi connectivity index (χ4n) is 2.98. The smallest absolute Gasteiger partial charge is 0.233 e. The van der Waals surface area contributed by atoms with E-state index in [-0.39, 0.29) is 11.2 Å². The van der Waals surface area contributed by atoms with Crippen LogP contribution in [0.5, 0.6) is 0 Å². The molecule has 1 heterocycles. The minimum atomic E-state index is -0.235. The number of tetrazole rings is 1. The van der Waals surface area contributed by atoms with E-state index < -0.39 is 0 Å². The fraction of sp³-hybridized carbons (Fsp3) is 0.529. The third-order valence-electron chi connectivity index (χ3n) is 4.39. The van der Waals surface area contributed by atoms with Gasteiger partial charge in [0.05, 0.1) is 10.9 Å². The number of aromatic nitrogens is 4. The predicted octanol–water partition coefficient (Wildman–Crippen LogP) is 2.90. The SMILES string of the molecule is Cc1ccccc1-n1nnnc1S[C@@H](C)C(=O)NC1CCCCC1. The van der Waals surface area contributed by atoms with Gasteiger partial charge in [-0.15, -0.1) is 5.10 Å². The maximum absolute atomic E-state index is 12.4.